The summed E-state index contributed by atoms with van der Waals surface area (Å²) in [4.78, 5) is 0. The van der Waals surface area contributed by atoms with Crippen molar-refractivity contribution < 1.29 is 0 Å². The van der Waals surface area contributed by atoms with Crippen LogP contribution in [0, 0.1) is 11.3 Å². The highest BCUT2D eigenvalue weighted by atomic mass is 28.4. The quantitative estimate of drug-likeness (QED) is 0.540. The Balaban J connectivity index is 4.56. The molecule has 0 unspecified atom stereocenters. The van der Waals surface area contributed by atoms with Crippen molar-refractivity contribution in [3.63, 3.8) is 0 Å². The maximum Gasteiger partial charge on any atom is 0.138 e. The molecule has 0 saturated carbocycles. The van der Waals surface area contributed by atoms with E-state index in [2.05, 4.69) is 61.9 Å². The van der Waals surface area contributed by atoms with E-state index in [0.717, 1.165) is 6.42 Å². The molecule has 0 aliphatic heterocycles. The molecular formula is C11H24N2Si2. The van der Waals surface area contributed by atoms with Gasteiger partial charge in [0, 0.05) is 6.42 Å². The van der Waals surface area contributed by atoms with Gasteiger partial charge in [-0.1, -0.05) is 45.4 Å². The van der Waals surface area contributed by atoms with Crippen molar-refractivity contribution in [2.24, 2.45) is 0 Å². The molecule has 0 aliphatic carbocycles. The van der Waals surface area contributed by atoms with E-state index in [9.17, 15) is 0 Å². The highest BCUT2D eigenvalue weighted by Crippen LogP contribution is 2.20. The van der Waals surface area contributed by atoms with E-state index in [-0.39, 0.29) is 0 Å². The normalized spacial score (nSPS) is 12.9. The lowest BCUT2D eigenvalue weighted by Crippen LogP contribution is -2.55. The molecule has 0 aliphatic rings. The molecule has 0 aromatic rings. The maximum atomic E-state index is 8.47. The Morgan fingerprint density at radius 2 is 1.53 bits per heavy atom. The summed E-state index contributed by atoms with van der Waals surface area (Å²) in [7, 11) is -2.51. The molecule has 0 aromatic carbocycles. The molecule has 0 amide bonds. The monoisotopic (exact) mass is 240 g/mol. The molecule has 0 heterocycles. The van der Waals surface area contributed by atoms with Crippen molar-refractivity contribution in [1.29, 1.82) is 5.26 Å². The van der Waals surface area contributed by atoms with Gasteiger partial charge in [-0.05, 0) is 12.6 Å². The molecule has 4 heteroatoms. The van der Waals surface area contributed by atoms with Gasteiger partial charge in [0.05, 0.1) is 6.07 Å². The summed E-state index contributed by atoms with van der Waals surface area (Å²) in [6.45, 7) is 14.2. The van der Waals surface area contributed by atoms with Crippen LogP contribution in [0.1, 0.15) is 12.8 Å². The third-order valence-corrected chi connectivity index (χ3v) is 9.34. The molecule has 0 fully saturated rings. The Morgan fingerprint density at radius 3 is 1.87 bits per heavy atom. The van der Waals surface area contributed by atoms with Gasteiger partial charge in [-0.15, -0.1) is 0 Å². The van der Waals surface area contributed by atoms with Crippen LogP contribution in [0.4, 0.5) is 0 Å². The van der Waals surface area contributed by atoms with Gasteiger partial charge >= 0.3 is 0 Å². The fourth-order valence-corrected chi connectivity index (χ4v) is 10.9. The summed E-state index contributed by atoms with van der Waals surface area (Å²) in [6.07, 6.45) is 5.90. The molecule has 2 nitrogen and oxygen atoms in total. The summed E-state index contributed by atoms with van der Waals surface area (Å²) in [5, 5.41) is 8.47. The van der Waals surface area contributed by atoms with Crippen LogP contribution in [0.5, 0.6) is 0 Å². The summed E-state index contributed by atoms with van der Waals surface area (Å²) in [5.41, 5.74) is 0. The van der Waals surface area contributed by atoms with Crippen LogP contribution in [0.3, 0.4) is 0 Å². The van der Waals surface area contributed by atoms with Crippen LogP contribution in [0.2, 0.25) is 39.3 Å². The Kier molecular flexibility index (Phi) is 5.32. The Morgan fingerprint density at radius 1 is 1.07 bits per heavy atom. The number of nitriles is 1. The zero-order valence-electron chi connectivity index (χ0n) is 11.0. The topological polar surface area (TPSA) is 27.0 Å². The van der Waals surface area contributed by atoms with Gasteiger partial charge in [0.25, 0.3) is 0 Å². The fraction of sp³-hybridized carbons (Fsp3) is 0.727. The fourth-order valence-electron chi connectivity index (χ4n) is 1.78. The smallest absolute Gasteiger partial charge is 0.138 e. The van der Waals surface area contributed by atoms with E-state index in [1.807, 2.05) is 0 Å². The molecule has 15 heavy (non-hydrogen) atoms. The molecule has 0 N–H and O–H groups in total. The third-order valence-electron chi connectivity index (χ3n) is 2.12. The number of rotatable bonds is 5. The third kappa shape index (κ3) is 5.80. The highest BCUT2D eigenvalue weighted by molar-refractivity contribution is 6.89. The first-order valence-electron chi connectivity index (χ1n) is 5.52. The molecular weight excluding hydrogens is 216 g/mol. The molecule has 0 aromatic heterocycles. The first-order valence-corrected chi connectivity index (χ1v) is 12.4. The second kappa shape index (κ2) is 5.52. The van der Waals surface area contributed by atoms with Crippen molar-refractivity contribution in [2.75, 3.05) is 0 Å². The van der Waals surface area contributed by atoms with Gasteiger partial charge in [-0.2, -0.15) is 5.26 Å². The second-order valence-electron chi connectivity index (χ2n) is 5.79. The minimum Gasteiger partial charge on any atom is -0.431 e. The molecule has 0 bridgehead atoms. The van der Waals surface area contributed by atoms with E-state index in [1.54, 1.807) is 0 Å². The Labute approximate surface area is 96.8 Å². The highest BCUT2D eigenvalue weighted by Gasteiger charge is 2.31. The van der Waals surface area contributed by atoms with E-state index in [4.69, 9.17) is 5.26 Å². The lowest BCUT2D eigenvalue weighted by molar-refractivity contribution is 0.821. The van der Waals surface area contributed by atoms with Crippen molar-refractivity contribution >= 4 is 16.5 Å². The largest absolute Gasteiger partial charge is 0.431 e. The predicted octanol–water partition coefficient (Wildman–Crippen LogP) is 3.78. The Bertz CT molecular complexity index is 239. The van der Waals surface area contributed by atoms with E-state index in [1.165, 1.54) is 0 Å². The number of nitrogens with zero attached hydrogens (tertiary/aromatic N) is 2. The van der Waals surface area contributed by atoms with Crippen LogP contribution < -0.4 is 0 Å². The molecule has 0 saturated heterocycles. The second-order valence-corrected chi connectivity index (χ2v) is 15.9. The van der Waals surface area contributed by atoms with Crippen molar-refractivity contribution in [3.05, 3.63) is 12.3 Å². The minimum atomic E-state index is -1.26. The standard InChI is InChI=1S/C11H24N2Si2/c1-14(2,3)13(15(4,5)6)11-9-7-8-10-12/h9,11H,7-8H2,1-6H3. The molecule has 0 atom stereocenters. The Hall–Kier alpha value is -0.536. The number of hydrogen-bond donors (Lipinski definition) is 0. The molecule has 86 valence electrons. The summed E-state index contributed by atoms with van der Waals surface area (Å²) >= 11 is 0. The number of hydrogen-bond acceptors (Lipinski definition) is 2. The summed E-state index contributed by atoms with van der Waals surface area (Å²) in [6, 6.07) is 2.17. The van der Waals surface area contributed by atoms with Gasteiger partial charge in [-0.3, -0.25) is 0 Å². The van der Waals surface area contributed by atoms with Gasteiger partial charge in [0.1, 0.15) is 16.5 Å². The maximum absolute atomic E-state index is 8.47. The van der Waals surface area contributed by atoms with Crippen LogP contribution in [0.15, 0.2) is 12.3 Å². The van der Waals surface area contributed by atoms with Gasteiger partial charge in [0.2, 0.25) is 0 Å². The van der Waals surface area contributed by atoms with Crippen LogP contribution in [0.25, 0.3) is 0 Å². The first-order chi connectivity index (χ1) is 6.69. The minimum absolute atomic E-state index is 0.627. The lowest BCUT2D eigenvalue weighted by Gasteiger charge is -2.43. The van der Waals surface area contributed by atoms with Crippen LogP contribution in [-0.2, 0) is 0 Å². The lowest BCUT2D eigenvalue weighted by atomic mass is 10.3. The number of unbranched alkanes of at least 4 members (excludes halogenated alkanes) is 1. The zero-order chi connectivity index (χ0) is 12.1. The van der Waals surface area contributed by atoms with Gasteiger partial charge in [-0.25, -0.2) is 0 Å². The predicted molar refractivity (Wildman–Crippen MR) is 72.5 cm³/mol. The summed E-state index contributed by atoms with van der Waals surface area (Å²) < 4.78 is 2.61. The summed E-state index contributed by atoms with van der Waals surface area (Å²) in [5.74, 6) is 0. The molecule has 0 rings (SSSR count). The molecule has 0 spiro atoms. The van der Waals surface area contributed by atoms with Crippen molar-refractivity contribution in [3.8, 4) is 6.07 Å². The average molecular weight is 240 g/mol. The van der Waals surface area contributed by atoms with Crippen LogP contribution in [-0.4, -0.2) is 20.7 Å². The molecule has 0 radical (unpaired) electrons. The van der Waals surface area contributed by atoms with Crippen molar-refractivity contribution in [1.82, 2.24) is 4.23 Å². The average Bonchev–Trinajstić information content (AvgIpc) is 1.99. The van der Waals surface area contributed by atoms with Crippen molar-refractivity contribution in [2.45, 2.75) is 52.1 Å². The van der Waals surface area contributed by atoms with Crippen LogP contribution >= 0.6 is 0 Å². The van der Waals surface area contributed by atoms with Gasteiger partial charge < -0.3 is 4.23 Å². The van der Waals surface area contributed by atoms with Gasteiger partial charge in [0.15, 0.2) is 0 Å². The van der Waals surface area contributed by atoms with E-state index >= 15 is 0 Å². The zero-order valence-corrected chi connectivity index (χ0v) is 13.0. The van der Waals surface area contributed by atoms with E-state index < -0.39 is 16.5 Å². The first kappa shape index (κ1) is 14.5. The number of allylic oxidation sites excluding steroid dienone is 1. The van der Waals surface area contributed by atoms with E-state index in [0.29, 0.717) is 6.42 Å². The SMILES string of the molecule is C[Si](C)(C)N(C=CCCC#N)[Si](C)(C)C.